The van der Waals surface area contributed by atoms with E-state index in [4.69, 9.17) is 4.74 Å². The van der Waals surface area contributed by atoms with Crippen LogP contribution < -0.4 is 4.74 Å². The zero-order valence-electron chi connectivity index (χ0n) is 12.8. The molecule has 3 heteroatoms. The second kappa shape index (κ2) is 6.98. The summed E-state index contributed by atoms with van der Waals surface area (Å²) in [5.74, 6) is 0.929. The van der Waals surface area contributed by atoms with E-state index in [0.717, 1.165) is 22.6 Å². The van der Waals surface area contributed by atoms with Gasteiger partial charge in [-0.3, -0.25) is 0 Å². The molecule has 0 spiro atoms. The summed E-state index contributed by atoms with van der Waals surface area (Å²) in [6.45, 7) is 8.85. The van der Waals surface area contributed by atoms with Gasteiger partial charge in [0, 0.05) is 14.1 Å². The van der Waals surface area contributed by atoms with Crippen molar-refractivity contribution in [2.75, 3.05) is 20.7 Å². The second-order valence-corrected chi connectivity index (χ2v) is 5.20. The molecule has 0 N–H and O–H groups in total. The highest BCUT2D eigenvalue weighted by Gasteiger charge is 2.04. The molecule has 0 radical (unpaired) electrons. The minimum Gasteiger partial charge on any atom is -0.489 e. The Hall–Kier alpha value is -1.77. The van der Waals surface area contributed by atoms with Crippen molar-refractivity contribution in [3.8, 4) is 5.75 Å². The Balaban J connectivity index is 2.87. The van der Waals surface area contributed by atoms with Gasteiger partial charge >= 0.3 is 0 Å². The standard InChI is InChI=1S/C16H24N2O/c1-12(2)7-8-19-16-10-13(3)15(9-14(16)4)17-11-18(5)6/h7,9-11H,8H2,1-6H3/b17-11+. The van der Waals surface area contributed by atoms with Gasteiger partial charge in [0.05, 0.1) is 12.0 Å². The van der Waals surface area contributed by atoms with Gasteiger partial charge < -0.3 is 9.64 Å². The predicted molar refractivity (Wildman–Crippen MR) is 82.7 cm³/mol. The van der Waals surface area contributed by atoms with Crippen LogP contribution in [0.1, 0.15) is 25.0 Å². The average Bonchev–Trinajstić information content (AvgIpc) is 2.30. The van der Waals surface area contributed by atoms with Crippen molar-refractivity contribution in [3.63, 3.8) is 0 Å². The van der Waals surface area contributed by atoms with Gasteiger partial charge in [0.2, 0.25) is 0 Å². The van der Waals surface area contributed by atoms with E-state index in [9.17, 15) is 0 Å². The Morgan fingerprint density at radius 1 is 1.21 bits per heavy atom. The van der Waals surface area contributed by atoms with Gasteiger partial charge in [-0.1, -0.05) is 5.57 Å². The summed E-state index contributed by atoms with van der Waals surface area (Å²) < 4.78 is 5.77. The lowest BCUT2D eigenvalue weighted by Crippen LogP contribution is -2.07. The third-order valence-corrected chi connectivity index (χ3v) is 2.65. The third-order valence-electron chi connectivity index (χ3n) is 2.65. The largest absolute Gasteiger partial charge is 0.489 e. The van der Waals surface area contributed by atoms with Crippen molar-refractivity contribution in [1.29, 1.82) is 0 Å². The van der Waals surface area contributed by atoms with Gasteiger partial charge in [0.25, 0.3) is 0 Å². The Labute approximate surface area is 116 Å². The van der Waals surface area contributed by atoms with E-state index in [2.05, 4.69) is 44.0 Å². The summed E-state index contributed by atoms with van der Waals surface area (Å²) in [7, 11) is 3.92. The van der Waals surface area contributed by atoms with Crippen molar-refractivity contribution in [2.24, 2.45) is 4.99 Å². The number of hydrogen-bond acceptors (Lipinski definition) is 2. The van der Waals surface area contributed by atoms with Gasteiger partial charge in [-0.25, -0.2) is 4.99 Å². The van der Waals surface area contributed by atoms with E-state index in [1.54, 1.807) is 0 Å². The van der Waals surface area contributed by atoms with Crippen LogP contribution in [-0.2, 0) is 0 Å². The van der Waals surface area contributed by atoms with Crippen molar-refractivity contribution < 1.29 is 4.74 Å². The molecule has 0 atom stereocenters. The number of ether oxygens (including phenoxy) is 1. The van der Waals surface area contributed by atoms with Gasteiger partial charge in [-0.15, -0.1) is 0 Å². The maximum absolute atomic E-state index is 5.77. The zero-order chi connectivity index (χ0) is 14.4. The molecule has 0 aliphatic carbocycles. The number of nitrogens with zero attached hydrogens (tertiary/aromatic N) is 2. The van der Waals surface area contributed by atoms with Crippen LogP contribution in [0.2, 0.25) is 0 Å². The summed E-state index contributed by atoms with van der Waals surface area (Å²) in [6, 6.07) is 4.11. The number of rotatable bonds is 5. The van der Waals surface area contributed by atoms with Crippen LogP contribution >= 0.6 is 0 Å². The van der Waals surface area contributed by atoms with Crippen LogP contribution in [-0.4, -0.2) is 31.9 Å². The summed E-state index contributed by atoms with van der Waals surface area (Å²) in [6.07, 6.45) is 3.89. The van der Waals surface area contributed by atoms with Crippen LogP contribution in [0.3, 0.4) is 0 Å². The Morgan fingerprint density at radius 3 is 2.47 bits per heavy atom. The van der Waals surface area contributed by atoms with Crippen molar-refractivity contribution in [1.82, 2.24) is 4.90 Å². The second-order valence-electron chi connectivity index (χ2n) is 5.20. The molecule has 0 aliphatic rings. The minimum atomic E-state index is 0.614. The molecule has 3 nitrogen and oxygen atoms in total. The van der Waals surface area contributed by atoms with Gasteiger partial charge in [-0.2, -0.15) is 0 Å². The lowest BCUT2D eigenvalue weighted by molar-refractivity contribution is 0.359. The molecule has 0 saturated carbocycles. The summed E-state index contributed by atoms with van der Waals surface area (Å²) in [5.41, 5.74) is 4.48. The van der Waals surface area contributed by atoms with Crippen LogP contribution in [0.5, 0.6) is 5.75 Å². The molecule has 1 aromatic rings. The summed E-state index contributed by atoms with van der Waals surface area (Å²) in [4.78, 5) is 6.37. The van der Waals surface area contributed by atoms with Gasteiger partial charge in [0.15, 0.2) is 0 Å². The lowest BCUT2D eigenvalue weighted by atomic mass is 10.1. The number of benzene rings is 1. The third kappa shape index (κ3) is 5.16. The molecule has 1 aromatic carbocycles. The number of allylic oxidation sites excluding steroid dienone is 1. The Bertz CT molecular complexity index is 484. The lowest BCUT2D eigenvalue weighted by Gasteiger charge is -2.11. The van der Waals surface area contributed by atoms with Crippen LogP contribution in [0, 0.1) is 13.8 Å². The van der Waals surface area contributed by atoms with E-state index in [1.165, 1.54) is 5.57 Å². The molecule has 0 fully saturated rings. The molecular weight excluding hydrogens is 236 g/mol. The summed E-state index contributed by atoms with van der Waals surface area (Å²) in [5, 5.41) is 0. The highest BCUT2D eigenvalue weighted by Crippen LogP contribution is 2.28. The molecule has 0 amide bonds. The topological polar surface area (TPSA) is 24.8 Å². The normalized spacial score (nSPS) is 10.6. The molecule has 0 bridgehead atoms. The molecule has 0 aliphatic heterocycles. The molecule has 0 aromatic heterocycles. The maximum Gasteiger partial charge on any atom is 0.123 e. The van der Waals surface area contributed by atoms with E-state index < -0.39 is 0 Å². The SMILES string of the molecule is CC(C)=CCOc1cc(C)c(/N=C/N(C)C)cc1C. The van der Waals surface area contributed by atoms with Gasteiger partial charge in [-0.05, 0) is 57.0 Å². The zero-order valence-corrected chi connectivity index (χ0v) is 12.8. The van der Waals surface area contributed by atoms with Crippen LogP contribution in [0.25, 0.3) is 0 Å². The highest BCUT2D eigenvalue weighted by molar-refractivity contribution is 5.64. The number of aliphatic imine (C=N–C) groups is 1. The monoisotopic (exact) mass is 260 g/mol. The van der Waals surface area contributed by atoms with E-state index in [0.29, 0.717) is 6.61 Å². The van der Waals surface area contributed by atoms with Crippen molar-refractivity contribution in [2.45, 2.75) is 27.7 Å². The smallest absolute Gasteiger partial charge is 0.123 e. The van der Waals surface area contributed by atoms with Gasteiger partial charge in [0.1, 0.15) is 12.4 Å². The first-order chi connectivity index (χ1) is 8.90. The fourth-order valence-electron chi connectivity index (χ4n) is 1.54. The van der Waals surface area contributed by atoms with E-state index in [1.807, 2.05) is 32.3 Å². The molecule has 0 unspecified atom stereocenters. The molecule has 0 saturated heterocycles. The first-order valence-electron chi connectivity index (χ1n) is 6.48. The number of hydrogen-bond donors (Lipinski definition) is 0. The molecular formula is C16H24N2O. The quantitative estimate of drug-likeness (QED) is 0.456. The fourth-order valence-corrected chi connectivity index (χ4v) is 1.54. The molecule has 104 valence electrons. The fraction of sp³-hybridized carbons (Fsp3) is 0.438. The average molecular weight is 260 g/mol. The Morgan fingerprint density at radius 2 is 1.89 bits per heavy atom. The van der Waals surface area contributed by atoms with Crippen LogP contribution in [0.4, 0.5) is 5.69 Å². The minimum absolute atomic E-state index is 0.614. The highest BCUT2D eigenvalue weighted by atomic mass is 16.5. The maximum atomic E-state index is 5.77. The Kier molecular flexibility index (Phi) is 5.61. The van der Waals surface area contributed by atoms with E-state index >= 15 is 0 Å². The first-order valence-corrected chi connectivity index (χ1v) is 6.48. The molecule has 0 heterocycles. The summed E-state index contributed by atoms with van der Waals surface area (Å²) >= 11 is 0. The van der Waals surface area contributed by atoms with Crippen molar-refractivity contribution in [3.05, 3.63) is 34.9 Å². The predicted octanol–water partition coefficient (Wildman–Crippen LogP) is 3.87. The van der Waals surface area contributed by atoms with E-state index in [-0.39, 0.29) is 0 Å². The van der Waals surface area contributed by atoms with Crippen LogP contribution in [0.15, 0.2) is 28.8 Å². The first kappa shape index (κ1) is 15.3. The van der Waals surface area contributed by atoms with Crippen molar-refractivity contribution >= 4 is 12.0 Å². The number of aryl methyl sites for hydroxylation is 2. The molecule has 1 rings (SSSR count). The molecule has 19 heavy (non-hydrogen) atoms.